The zero-order valence-corrected chi connectivity index (χ0v) is 24.6. The standard InChI is InChI=1S/C29H44N2O3.Na/c1-5-11-23(12-6-2)13-7-8-17-30-25-15-9-14-24(19-25)29(34)27-21-31(18-10-16-28(32)33)20-26(27)22(3)4;/h9,14-15,19-23,30H,5-8,10-13,16-18H2,1-4H3,(H,32,33);/q;+1/p-1. The molecule has 0 atom stereocenters. The minimum atomic E-state index is -1.04. The van der Waals surface area contributed by atoms with E-state index in [-0.39, 0.29) is 47.7 Å². The van der Waals surface area contributed by atoms with Gasteiger partial charge in [0.05, 0.1) is 0 Å². The van der Waals surface area contributed by atoms with Crippen molar-refractivity contribution in [2.24, 2.45) is 5.92 Å². The van der Waals surface area contributed by atoms with Gasteiger partial charge in [-0.3, -0.25) is 4.79 Å². The molecule has 0 aliphatic carbocycles. The van der Waals surface area contributed by atoms with Gasteiger partial charge in [-0.2, -0.15) is 0 Å². The molecule has 6 heteroatoms. The van der Waals surface area contributed by atoms with Crippen molar-refractivity contribution < 1.29 is 44.3 Å². The van der Waals surface area contributed by atoms with E-state index in [4.69, 9.17) is 0 Å². The number of carboxylic acid groups (broad SMARTS) is 1. The Morgan fingerprint density at radius 2 is 1.71 bits per heavy atom. The third-order valence-electron chi connectivity index (χ3n) is 6.46. The summed E-state index contributed by atoms with van der Waals surface area (Å²) in [6, 6.07) is 7.75. The fourth-order valence-corrected chi connectivity index (χ4v) is 4.68. The first-order valence-electron chi connectivity index (χ1n) is 13.1. The van der Waals surface area contributed by atoms with Gasteiger partial charge < -0.3 is 19.8 Å². The van der Waals surface area contributed by atoms with Crippen LogP contribution < -0.4 is 40.0 Å². The minimum Gasteiger partial charge on any atom is -0.550 e. The molecule has 0 saturated heterocycles. The second-order valence-electron chi connectivity index (χ2n) is 9.77. The van der Waals surface area contributed by atoms with Crippen molar-refractivity contribution in [1.82, 2.24) is 4.57 Å². The van der Waals surface area contributed by atoms with E-state index < -0.39 is 5.97 Å². The maximum absolute atomic E-state index is 13.3. The van der Waals surface area contributed by atoms with Crippen LogP contribution in [0, 0.1) is 5.92 Å². The molecule has 1 aromatic carbocycles. The Bertz CT molecular complexity index is 901. The van der Waals surface area contributed by atoms with Gasteiger partial charge in [-0.1, -0.05) is 78.4 Å². The number of aromatic nitrogens is 1. The molecule has 0 spiro atoms. The van der Waals surface area contributed by atoms with Crippen LogP contribution in [0.3, 0.4) is 0 Å². The van der Waals surface area contributed by atoms with E-state index in [1.165, 1.54) is 38.5 Å². The molecule has 188 valence electrons. The van der Waals surface area contributed by atoms with Crippen molar-refractivity contribution in [2.75, 3.05) is 11.9 Å². The van der Waals surface area contributed by atoms with Crippen LogP contribution in [0.5, 0.6) is 0 Å². The third kappa shape index (κ3) is 10.9. The first-order chi connectivity index (χ1) is 16.3. The molecule has 0 saturated carbocycles. The van der Waals surface area contributed by atoms with Crippen molar-refractivity contribution in [2.45, 2.75) is 97.9 Å². The normalized spacial score (nSPS) is 11.0. The Morgan fingerprint density at radius 1 is 1.00 bits per heavy atom. The Balaban J connectivity index is 0.00000612. The number of carboxylic acids is 1. The Labute approximate surface area is 234 Å². The van der Waals surface area contributed by atoms with E-state index in [0.717, 1.165) is 30.1 Å². The van der Waals surface area contributed by atoms with Gasteiger partial charge in [0.1, 0.15) is 0 Å². The molecule has 1 N–H and O–H groups in total. The summed E-state index contributed by atoms with van der Waals surface area (Å²) in [4.78, 5) is 24.1. The molecular weight excluding hydrogens is 447 g/mol. The van der Waals surface area contributed by atoms with Crippen molar-refractivity contribution in [3.05, 3.63) is 53.3 Å². The summed E-state index contributed by atoms with van der Waals surface area (Å²) in [5.74, 6) is 0.0256. The second kappa shape index (κ2) is 17.0. The molecule has 0 fully saturated rings. The molecule has 0 aliphatic heterocycles. The summed E-state index contributed by atoms with van der Waals surface area (Å²) in [5.41, 5.74) is 3.33. The maximum Gasteiger partial charge on any atom is 1.00 e. The van der Waals surface area contributed by atoms with Gasteiger partial charge >= 0.3 is 29.6 Å². The number of aryl methyl sites for hydroxylation is 1. The van der Waals surface area contributed by atoms with E-state index in [2.05, 4.69) is 33.0 Å². The summed E-state index contributed by atoms with van der Waals surface area (Å²) in [7, 11) is 0. The van der Waals surface area contributed by atoms with Crippen LogP contribution in [0.1, 0.15) is 113 Å². The van der Waals surface area contributed by atoms with E-state index in [1.807, 2.05) is 41.2 Å². The van der Waals surface area contributed by atoms with E-state index in [9.17, 15) is 14.7 Å². The number of carbonyl (C=O) groups is 2. The number of nitrogens with zero attached hydrogens (tertiary/aromatic N) is 1. The number of benzene rings is 1. The molecule has 2 aromatic rings. The van der Waals surface area contributed by atoms with Gasteiger partial charge in [0, 0.05) is 48.3 Å². The van der Waals surface area contributed by atoms with Gasteiger partial charge in [-0.05, 0) is 48.8 Å². The Morgan fingerprint density at radius 3 is 2.34 bits per heavy atom. The van der Waals surface area contributed by atoms with Gasteiger partial charge in [-0.15, -0.1) is 0 Å². The molecule has 0 bridgehead atoms. The van der Waals surface area contributed by atoms with Gasteiger partial charge in [-0.25, -0.2) is 0 Å². The summed E-state index contributed by atoms with van der Waals surface area (Å²) in [6.45, 7) is 10.2. The summed E-state index contributed by atoms with van der Waals surface area (Å²) < 4.78 is 1.93. The number of hydrogen-bond donors (Lipinski definition) is 1. The molecule has 1 aromatic heterocycles. The maximum atomic E-state index is 13.3. The number of aliphatic carboxylic acids is 1. The van der Waals surface area contributed by atoms with E-state index in [1.54, 1.807) is 0 Å². The Kier molecular flexibility index (Phi) is 15.3. The monoisotopic (exact) mass is 490 g/mol. The van der Waals surface area contributed by atoms with E-state index >= 15 is 0 Å². The van der Waals surface area contributed by atoms with Gasteiger partial charge in [0.15, 0.2) is 5.78 Å². The van der Waals surface area contributed by atoms with Crippen LogP contribution in [0.2, 0.25) is 0 Å². The predicted octanol–water partition coefficient (Wildman–Crippen LogP) is 3.18. The predicted molar refractivity (Wildman–Crippen MR) is 138 cm³/mol. The topological polar surface area (TPSA) is 74.2 Å². The SMILES string of the molecule is CCCC(CCC)CCCCNc1cccc(C(=O)c2cn(CCCC(=O)[O-])cc2C(C)C)c1.[Na+]. The number of nitrogens with one attached hydrogen (secondary N) is 1. The summed E-state index contributed by atoms with van der Waals surface area (Å²) >= 11 is 0. The number of rotatable bonds is 17. The van der Waals surface area contributed by atoms with Crippen molar-refractivity contribution in [3.63, 3.8) is 0 Å². The van der Waals surface area contributed by atoms with Crippen LogP contribution >= 0.6 is 0 Å². The average molecular weight is 491 g/mol. The molecule has 35 heavy (non-hydrogen) atoms. The zero-order chi connectivity index (χ0) is 24.9. The van der Waals surface area contributed by atoms with E-state index in [0.29, 0.717) is 24.1 Å². The fourth-order valence-electron chi connectivity index (χ4n) is 4.68. The van der Waals surface area contributed by atoms with Crippen molar-refractivity contribution in [1.29, 1.82) is 0 Å². The van der Waals surface area contributed by atoms with Crippen molar-refractivity contribution in [3.8, 4) is 0 Å². The smallest absolute Gasteiger partial charge is 0.550 e. The first-order valence-corrected chi connectivity index (χ1v) is 13.1. The zero-order valence-electron chi connectivity index (χ0n) is 22.6. The molecule has 1 heterocycles. The first kappa shape index (κ1) is 31.5. The van der Waals surface area contributed by atoms with Gasteiger partial charge in [0.25, 0.3) is 0 Å². The Hall–Kier alpha value is -1.56. The molecular formula is C29H43N2NaO3. The summed E-state index contributed by atoms with van der Waals surface area (Å²) in [5, 5.41) is 14.2. The largest absolute Gasteiger partial charge is 1.00 e. The molecule has 0 unspecified atom stereocenters. The number of hydrogen-bond acceptors (Lipinski definition) is 4. The number of unbranched alkanes of at least 4 members (excludes halogenated alkanes) is 1. The number of ketones is 1. The van der Waals surface area contributed by atoms with Crippen LogP contribution in [0.25, 0.3) is 0 Å². The van der Waals surface area contributed by atoms with Crippen molar-refractivity contribution >= 4 is 17.4 Å². The molecule has 2 rings (SSSR count). The van der Waals surface area contributed by atoms with Crippen LogP contribution in [0.4, 0.5) is 5.69 Å². The fraction of sp³-hybridized carbons (Fsp3) is 0.586. The second-order valence-corrected chi connectivity index (χ2v) is 9.77. The molecule has 0 aliphatic rings. The third-order valence-corrected chi connectivity index (χ3v) is 6.46. The number of carbonyl (C=O) groups excluding carboxylic acids is 2. The van der Waals surface area contributed by atoms with Crippen LogP contribution in [-0.2, 0) is 11.3 Å². The van der Waals surface area contributed by atoms with Crippen LogP contribution in [-0.4, -0.2) is 22.9 Å². The number of anilines is 1. The molecule has 0 amide bonds. The molecule has 5 nitrogen and oxygen atoms in total. The quantitative estimate of drug-likeness (QED) is 0.210. The van der Waals surface area contributed by atoms with Crippen LogP contribution in [0.15, 0.2) is 36.7 Å². The average Bonchev–Trinajstić information content (AvgIpc) is 3.23. The summed E-state index contributed by atoms with van der Waals surface area (Å²) in [6.07, 6.45) is 13.2. The minimum absolute atomic E-state index is 0. The molecule has 0 radical (unpaired) electrons. The van der Waals surface area contributed by atoms with Gasteiger partial charge in [0.2, 0.25) is 0 Å².